The maximum absolute atomic E-state index is 12.3. The molecule has 0 fully saturated rings. The Kier molecular flexibility index (Phi) is 5.15. The van der Waals surface area contributed by atoms with Crippen LogP contribution in [-0.4, -0.2) is 21.4 Å². The first-order valence-electron chi connectivity index (χ1n) is 8.72. The largest absolute Gasteiger partial charge is 0.446 e. The van der Waals surface area contributed by atoms with Crippen molar-refractivity contribution in [2.45, 2.75) is 13.2 Å². The zero-order chi connectivity index (χ0) is 20.2. The van der Waals surface area contributed by atoms with E-state index in [2.05, 4.69) is 14.8 Å². The van der Waals surface area contributed by atoms with E-state index in [-0.39, 0.29) is 17.9 Å². The van der Waals surface area contributed by atoms with Crippen LogP contribution < -0.4 is 10.3 Å². The lowest BCUT2D eigenvalue weighted by atomic mass is 10.1. The Morgan fingerprint density at radius 2 is 1.66 bits per heavy atom. The van der Waals surface area contributed by atoms with Crippen LogP contribution in [0.15, 0.2) is 82.2 Å². The summed E-state index contributed by atoms with van der Waals surface area (Å²) in [6.07, 6.45) is 1.53. The maximum Gasteiger partial charge on any atom is 0.387 e. The molecule has 8 heteroatoms. The molecule has 0 amide bonds. The summed E-state index contributed by atoms with van der Waals surface area (Å²) in [5.74, 6) is 0.390. The molecular weight excluding hydrogens is 380 g/mol. The van der Waals surface area contributed by atoms with Crippen LogP contribution in [0.5, 0.6) is 5.75 Å². The molecule has 0 unspecified atom stereocenters. The van der Waals surface area contributed by atoms with Crippen LogP contribution in [0.3, 0.4) is 0 Å². The first-order chi connectivity index (χ1) is 14.1. The maximum atomic E-state index is 12.3. The van der Waals surface area contributed by atoms with E-state index in [0.717, 1.165) is 5.56 Å². The summed E-state index contributed by atoms with van der Waals surface area (Å²) < 4.78 is 35.6. The average molecular weight is 395 g/mol. The third-order valence-corrected chi connectivity index (χ3v) is 4.15. The molecule has 0 saturated carbocycles. The number of alkyl halides is 2. The third kappa shape index (κ3) is 4.37. The first kappa shape index (κ1) is 18.5. The van der Waals surface area contributed by atoms with E-state index in [0.29, 0.717) is 22.8 Å². The van der Waals surface area contributed by atoms with Crippen LogP contribution in [0.4, 0.5) is 8.78 Å². The van der Waals surface area contributed by atoms with E-state index in [1.807, 2.05) is 30.3 Å². The molecule has 0 saturated heterocycles. The number of ether oxygens (including phenoxy) is 1. The summed E-state index contributed by atoms with van der Waals surface area (Å²) in [7, 11) is 0. The summed E-state index contributed by atoms with van der Waals surface area (Å²) in [4.78, 5) is 16.6. The first-order valence-corrected chi connectivity index (χ1v) is 8.72. The smallest absolute Gasteiger partial charge is 0.387 e. The minimum atomic E-state index is -2.89. The number of hydrogen-bond donors (Lipinski definition) is 0. The highest BCUT2D eigenvalue weighted by Crippen LogP contribution is 2.22. The SMILES string of the molecule is O=c1ccc(-c2ccc(OC(F)F)cc2)nn1Cc1nc(-c2ccccc2)co1. The van der Waals surface area contributed by atoms with Gasteiger partial charge in [-0.25, -0.2) is 9.67 Å². The van der Waals surface area contributed by atoms with Gasteiger partial charge in [0.25, 0.3) is 5.56 Å². The molecule has 0 aliphatic heterocycles. The van der Waals surface area contributed by atoms with Crippen molar-refractivity contribution < 1.29 is 17.9 Å². The van der Waals surface area contributed by atoms with Gasteiger partial charge in [0.15, 0.2) is 0 Å². The molecule has 0 bridgehead atoms. The Balaban J connectivity index is 1.56. The quantitative estimate of drug-likeness (QED) is 0.489. The van der Waals surface area contributed by atoms with Gasteiger partial charge >= 0.3 is 6.61 Å². The van der Waals surface area contributed by atoms with Crippen LogP contribution in [0.1, 0.15) is 5.89 Å². The zero-order valence-corrected chi connectivity index (χ0v) is 15.0. The Morgan fingerprint density at radius 1 is 0.931 bits per heavy atom. The molecule has 0 spiro atoms. The fourth-order valence-corrected chi connectivity index (χ4v) is 2.78. The molecule has 6 nitrogen and oxygen atoms in total. The van der Waals surface area contributed by atoms with E-state index in [4.69, 9.17) is 4.42 Å². The van der Waals surface area contributed by atoms with Crippen molar-refractivity contribution in [1.82, 2.24) is 14.8 Å². The molecule has 4 rings (SSSR count). The molecule has 2 heterocycles. The van der Waals surface area contributed by atoms with Crippen LogP contribution in [0, 0.1) is 0 Å². The molecule has 0 atom stereocenters. The lowest BCUT2D eigenvalue weighted by Crippen LogP contribution is -2.23. The highest BCUT2D eigenvalue weighted by molar-refractivity contribution is 5.59. The Morgan fingerprint density at radius 3 is 2.38 bits per heavy atom. The van der Waals surface area contributed by atoms with Crippen molar-refractivity contribution in [3.63, 3.8) is 0 Å². The lowest BCUT2D eigenvalue weighted by molar-refractivity contribution is -0.0498. The van der Waals surface area contributed by atoms with Crippen LogP contribution >= 0.6 is 0 Å². The van der Waals surface area contributed by atoms with Crippen molar-refractivity contribution in [2.24, 2.45) is 0 Å². The van der Waals surface area contributed by atoms with Gasteiger partial charge < -0.3 is 9.15 Å². The second kappa shape index (κ2) is 8.05. The Labute approximate surface area is 164 Å². The Hall–Kier alpha value is -3.81. The Bertz CT molecular complexity index is 1160. The van der Waals surface area contributed by atoms with E-state index < -0.39 is 6.61 Å². The van der Waals surface area contributed by atoms with Gasteiger partial charge in [-0.15, -0.1) is 0 Å². The minimum Gasteiger partial charge on any atom is -0.446 e. The molecule has 2 aromatic heterocycles. The molecule has 0 aliphatic rings. The normalized spacial score (nSPS) is 11.0. The van der Waals surface area contributed by atoms with Gasteiger partial charge in [0.2, 0.25) is 5.89 Å². The second-order valence-electron chi connectivity index (χ2n) is 6.11. The van der Waals surface area contributed by atoms with Gasteiger partial charge in [-0.05, 0) is 30.3 Å². The summed E-state index contributed by atoms with van der Waals surface area (Å²) in [6, 6.07) is 18.5. The van der Waals surface area contributed by atoms with Crippen molar-refractivity contribution >= 4 is 0 Å². The monoisotopic (exact) mass is 395 g/mol. The number of benzene rings is 2. The topological polar surface area (TPSA) is 70.2 Å². The van der Waals surface area contributed by atoms with Crippen molar-refractivity contribution in [3.8, 4) is 28.3 Å². The highest BCUT2D eigenvalue weighted by Gasteiger charge is 2.10. The zero-order valence-electron chi connectivity index (χ0n) is 15.0. The molecule has 2 aromatic carbocycles. The number of rotatable bonds is 6. The molecule has 0 radical (unpaired) electrons. The van der Waals surface area contributed by atoms with Crippen LogP contribution in [0.2, 0.25) is 0 Å². The van der Waals surface area contributed by atoms with Crippen LogP contribution in [0.25, 0.3) is 22.5 Å². The predicted molar refractivity (Wildman–Crippen MR) is 102 cm³/mol. The van der Waals surface area contributed by atoms with Crippen molar-refractivity contribution in [2.75, 3.05) is 0 Å². The van der Waals surface area contributed by atoms with Crippen molar-refractivity contribution in [3.05, 3.63) is 89.2 Å². The van der Waals surface area contributed by atoms with Gasteiger partial charge in [0.05, 0.1) is 5.69 Å². The predicted octanol–water partition coefficient (Wildman–Crippen LogP) is 4.22. The van der Waals surface area contributed by atoms with E-state index in [1.54, 1.807) is 18.2 Å². The highest BCUT2D eigenvalue weighted by atomic mass is 19.3. The van der Waals surface area contributed by atoms with E-state index in [1.165, 1.54) is 29.1 Å². The summed E-state index contributed by atoms with van der Waals surface area (Å²) in [6.45, 7) is -2.83. The van der Waals surface area contributed by atoms with Gasteiger partial charge in [0.1, 0.15) is 24.3 Å². The van der Waals surface area contributed by atoms with E-state index >= 15 is 0 Å². The third-order valence-electron chi connectivity index (χ3n) is 4.15. The molecule has 146 valence electrons. The van der Waals surface area contributed by atoms with Gasteiger partial charge in [-0.2, -0.15) is 13.9 Å². The standard InChI is InChI=1S/C21H15F2N3O3/c22-21(23)29-16-8-6-15(7-9-16)17-10-11-20(27)26(25-17)12-19-24-18(13-28-19)14-4-2-1-3-5-14/h1-11,13,21H,12H2. The fraction of sp³-hybridized carbons (Fsp3) is 0.0952. The van der Waals surface area contributed by atoms with Crippen molar-refractivity contribution in [1.29, 1.82) is 0 Å². The molecular formula is C21H15F2N3O3. The molecule has 0 N–H and O–H groups in total. The molecule has 29 heavy (non-hydrogen) atoms. The number of hydrogen-bond acceptors (Lipinski definition) is 5. The number of nitrogens with zero attached hydrogens (tertiary/aromatic N) is 3. The van der Waals surface area contributed by atoms with Gasteiger partial charge in [-0.3, -0.25) is 4.79 Å². The van der Waals surface area contributed by atoms with Gasteiger partial charge in [0, 0.05) is 17.2 Å². The van der Waals surface area contributed by atoms with Crippen LogP contribution in [-0.2, 0) is 6.54 Å². The number of oxazole rings is 1. The lowest BCUT2D eigenvalue weighted by Gasteiger charge is -2.07. The fourth-order valence-electron chi connectivity index (χ4n) is 2.78. The minimum absolute atomic E-state index is 0.0466. The molecule has 0 aliphatic carbocycles. The summed E-state index contributed by atoms with van der Waals surface area (Å²) in [5, 5.41) is 4.33. The number of aromatic nitrogens is 3. The second-order valence-corrected chi connectivity index (χ2v) is 6.11. The average Bonchev–Trinajstić information content (AvgIpc) is 3.19. The van der Waals surface area contributed by atoms with Gasteiger partial charge in [-0.1, -0.05) is 30.3 Å². The summed E-state index contributed by atoms with van der Waals surface area (Å²) >= 11 is 0. The van der Waals surface area contributed by atoms with E-state index in [9.17, 15) is 13.6 Å². The molecule has 4 aromatic rings. The number of halogens is 2. The summed E-state index contributed by atoms with van der Waals surface area (Å²) in [5.41, 5.74) is 2.41.